The van der Waals surface area contributed by atoms with Crippen LogP contribution in [0.2, 0.25) is 0 Å². The molecule has 1 aromatic heterocycles. The van der Waals surface area contributed by atoms with E-state index in [1.807, 2.05) is 18.2 Å². The van der Waals surface area contributed by atoms with Crippen molar-refractivity contribution in [2.45, 2.75) is 0 Å². The van der Waals surface area contributed by atoms with Gasteiger partial charge in [0.15, 0.2) is 11.8 Å². The van der Waals surface area contributed by atoms with Crippen LogP contribution in [0.3, 0.4) is 0 Å². The van der Waals surface area contributed by atoms with E-state index in [4.69, 9.17) is 15.8 Å². The standard InChI is InChI=1S/C16H8N7.ClH/c17-9-12-1-5-14(6-2-12)22-20-16(11-19)21-23(22)15-7-3-13(10-18)4-8-15;/h1-8H;1H/q+1;/p-1. The number of hydrogen-bond donors (Lipinski definition) is 0. The molecular formula is C16H8ClN7. The van der Waals surface area contributed by atoms with E-state index in [1.54, 1.807) is 48.5 Å². The summed E-state index contributed by atoms with van der Waals surface area (Å²) in [6, 6.07) is 19.5. The predicted molar refractivity (Wildman–Crippen MR) is 77.0 cm³/mol. The first-order valence-corrected chi connectivity index (χ1v) is 6.56. The van der Waals surface area contributed by atoms with Gasteiger partial charge in [0.05, 0.1) is 28.4 Å². The lowest BCUT2D eigenvalue weighted by Crippen LogP contribution is -3.00. The molecule has 0 atom stereocenters. The molecular weight excluding hydrogens is 326 g/mol. The molecule has 0 amide bonds. The van der Waals surface area contributed by atoms with Crippen LogP contribution in [0.1, 0.15) is 17.0 Å². The van der Waals surface area contributed by atoms with E-state index in [0.29, 0.717) is 22.5 Å². The molecule has 114 valence electrons. The van der Waals surface area contributed by atoms with E-state index in [1.165, 1.54) is 9.59 Å². The number of nitrogens with zero attached hydrogens (tertiary/aromatic N) is 7. The fraction of sp³-hybridized carbons (Fsp3) is 0. The van der Waals surface area contributed by atoms with E-state index in [-0.39, 0.29) is 18.2 Å². The Kier molecular flexibility index (Phi) is 4.87. The number of tetrazole rings is 1. The van der Waals surface area contributed by atoms with Crippen LogP contribution >= 0.6 is 0 Å². The number of rotatable bonds is 2. The Morgan fingerprint density at radius 3 is 1.83 bits per heavy atom. The first-order chi connectivity index (χ1) is 11.2. The SMILES string of the molecule is N#Cc1ccc(-n2nc(C#N)n[n+]2-c2ccc(C#N)cc2)cc1.[Cl-]. The summed E-state index contributed by atoms with van der Waals surface area (Å²) in [5, 5.41) is 35.0. The number of benzene rings is 2. The fourth-order valence-corrected chi connectivity index (χ4v) is 2.00. The highest BCUT2D eigenvalue weighted by atomic mass is 35.5. The summed E-state index contributed by atoms with van der Waals surface area (Å²) >= 11 is 0. The van der Waals surface area contributed by atoms with Crippen molar-refractivity contribution in [3.63, 3.8) is 0 Å². The topological polar surface area (TPSA) is 106 Å². The van der Waals surface area contributed by atoms with Gasteiger partial charge in [0.1, 0.15) is 5.69 Å². The molecule has 3 aromatic rings. The lowest BCUT2D eigenvalue weighted by molar-refractivity contribution is -0.735. The van der Waals surface area contributed by atoms with Crippen LogP contribution in [0.25, 0.3) is 11.4 Å². The zero-order valence-corrected chi connectivity index (χ0v) is 12.9. The van der Waals surface area contributed by atoms with E-state index < -0.39 is 0 Å². The van der Waals surface area contributed by atoms with Crippen molar-refractivity contribution >= 4 is 0 Å². The van der Waals surface area contributed by atoms with Gasteiger partial charge in [0.25, 0.3) is 0 Å². The van der Waals surface area contributed by atoms with Gasteiger partial charge in [0.2, 0.25) is 0 Å². The maximum absolute atomic E-state index is 9.05. The van der Waals surface area contributed by atoms with Crippen LogP contribution in [0.15, 0.2) is 48.5 Å². The second-order valence-electron chi connectivity index (χ2n) is 4.53. The molecule has 2 aromatic carbocycles. The summed E-state index contributed by atoms with van der Waals surface area (Å²) in [6.07, 6.45) is 0. The average molecular weight is 334 g/mol. The lowest BCUT2D eigenvalue weighted by Gasteiger charge is -2.00. The number of hydrogen-bond acceptors (Lipinski definition) is 5. The van der Waals surface area contributed by atoms with Gasteiger partial charge in [-0.15, -0.1) is 0 Å². The van der Waals surface area contributed by atoms with Gasteiger partial charge in [-0.3, -0.25) is 0 Å². The minimum atomic E-state index is 0. The van der Waals surface area contributed by atoms with Gasteiger partial charge in [0, 0.05) is 9.90 Å². The zero-order chi connectivity index (χ0) is 16.2. The third kappa shape index (κ3) is 3.05. The molecule has 0 saturated carbocycles. The average Bonchev–Trinajstić information content (AvgIpc) is 3.06. The van der Waals surface area contributed by atoms with Gasteiger partial charge < -0.3 is 12.4 Å². The normalized spacial score (nSPS) is 9.21. The van der Waals surface area contributed by atoms with Gasteiger partial charge in [-0.2, -0.15) is 15.8 Å². The second-order valence-corrected chi connectivity index (χ2v) is 4.53. The minimum absolute atomic E-state index is 0. The Morgan fingerprint density at radius 1 is 0.792 bits per heavy atom. The molecule has 8 heteroatoms. The highest BCUT2D eigenvalue weighted by Gasteiger charge is 2.21. The molecule has 0 aliphatic rings. The third-order valence-corrected chi connectivity index (χ3v) is 3.11. The van der Waals surface area contributed by atoms with Crippen molar-refractivity contribution in [2.75, 3.05) is 0 Å². The number of nitriles is 3. The Morgan fingerprint density at radius 2 is 1.33 bits per heavy atom. The van der Waals surface area contributed by atoms with E-state index in [9.17, 15) is 0 Å². The molecule has 0 N–H and O–H groups in total. The molecule has 0 bridgehead atoms. The summed E-state index contributed by atoms with van der Waals surface area (Å²) in [7, 11) is 0. The highest BCUT2D eigenvalue weighted by Crippen LogP contribution is 2.08. The van der Waals surface area contributed by atoms with Crippen LogP contribution in [0, 0.1) is 34.0 Å². The van der Waals surface area contributed by atoms with E-state index >= 15 is 0 Å². The first-order valence-electron chi connectivity index (χ1n) is 6.56. The van der Waals surface area contributed by atoms with Gasteiger partial charge >= 0.3 is 5.82 Å². The zero-order valence-electron chi connectivity index (χ0n) is 12.1. The summed E-state index contributed by atoms with van der Waals surface area (Å²) in [4.78, 5) is 2.92. The molecule has 3 rings (SSSR count). The van der Waals surface area contributed by atoms with Gasteiger partial charge in [-0.1, -0.05) is 0 Å². The number of aromatic nitrogens is 4. The lowest BCUT2D eigenvalue weighted by atomic mass is 10.2. The molecule has 0 fully saturated rings. The van der Waals surface area contributed by atoms with Gasteiger partial charge in [-0.25, -0.2) is 0 Å². The van der Waals surface area contributed by atoms with Crippen molar-refractivity contribution in [1.82, 2.24) is 15.0 Å². The van der Waals surface area contributed by atoms with Crippen LogP contribution < -0.4 is 17.2 Å². The van der Waals surface area contributed by atoms with Gasteiger partial charge in [-0.05, 0) is 53.3 Å². The summed E-state index contributed by atoms with van der Waals surface area (Å²) in [6.45, 7) is 0. The van der Waals surface area contributed by atoms with Crippen LogP contribution in [-0.2, 0) is 0 Å². The van der Waals surface area contributed by atoms with Crippen molar-refractivity contribution < 1.29 is 17.2 Å². The Labute approximate surface area is 143 Å². The minimum Gasteiger partial charge on any atom is -1.00 e. The van der Waals surface area contributed by atoms with E-state index in [2.05, 4.69) is 10.2 Å². The molecule has 24 heavy (non-hydrogen) atoms. The Balaban J connectivity index is 0.00000208. The van der Waals surface area contributed by atoms with Crippen LogP contribution in [0.4, 0.5) is 0 Å². The summed E-state index contributed by atoms with van der Waals surface area (Å²) in [5.41, 5.74) is 2.36. The van der Waals surface area contributed by atoms with Crippen LogP contribution in [0.5, 0.6) is 0 Å². The predicted octanol–water partition coefficient (Wildman–Crippen LogP) is -1.84. The Bertz CT molecular complexity index is 908. The Hall–Kier alpha value is -3.73. The summed E-state index contributed by atoms with van der Waals surface area (Å²) < 4.78 is 0. The molecule has 0 saturated heterocycles. The largest absolute Gasteiger partial charge is 1.00 e. The highest BCUT2D eigenvalue weighted by molar-refractivity contribution is 5.38. The summed E-state index contributed by atoms with van der Waals surface area (Å²) in [5.74, 6) is 0.0127. The molecule has 0 aliphatic heterocycles. The molecule has 0 unspecified atom stereocenters. The smallest absolute Gasteiger partial charge is 0.409 e. The number of halogens is 1. The maximum Gasteiger partial charge on any atom is 0.409 e. The maximum atomic E-state index is 9.05. The van der Waals surface area contributed by atoms with Crippen molar-refractivity contribution in [2.24, 2.45) is 0 Å². The molecule has 0 aliphatic carbocycles. The fourth-order valence-electron chi connectivity index (χ4n) is 2.00. The van der Waals surface area contributed by atoms with Crippen molar-refractivity contribution in [3.8, 4) is 29.6 Å². The second kappa shape index (κ2) is 7.02. The molecule has 1 heterocycles. The van der Waals surface area contributed by atoms with Crippen LogP contribution in [-0.4, -0.2) is 15.0 Å². The molecule has 0 spiro atoms. The molecule has 7 nitrogen and oxygen atoms in total. The quantitative estimate of drug-likeness (QED) is 0.512. The molecule has 0 radical (unpaired) electrons. The van der Waals surface area contributed by atoms with Crippen molar-refractivity contribution in [1.29, 1.82) is 15.8 Å². The monoisotopic (exact) mass is 333 g/mol. The van der Waals surface area contributed by atoms with E-state index in [0.717, 1.165) is 0 Å². The van der Waals surface area contributed by atoms with Crippen molar-refractivity contribution in [3.05, 3.63) is 65.5 Å². The first kappa shape index (κ1) is 16.6. The third-order valence-electron chi connectivity index (χ3n) is 3.11.